The fourth-order valence-corrected chi connectivity index (χ4v) is 3.30. The van der Waals surface area contributed by atoms with Gasteiger partial charge in [-0.1, -0.05) is 0 Å². The van der Waals surface area contributed by atoms with Gasteiger partial charge in [0, 0.05) is 12.1 Å². The molecule has 2 aromatic carbocycles. The van der Waals surface area contributed by atoms with E-state index in [1.54, 1.807) is 24.3 Å². The first-order chi connectivity index (χ1) is 12.6. The van der Waals surface area contributed by atoms with Crippen molar-refractivity contribution in [2.45, 2.75) is 25.7 Å². The summed E-state index contributed by atoms with van der Waals surface area (Å²) in [7, 11) is 0. The summed E-state index contributed by atoms with van der Waals surface area (Å²) in [6, 6.07) is 12.4. The molecule has 138 valence electrons. The minimum absolute atomic E-state index is 0.105. The molecule has 1 fully saturated rings. The molecule has 1 saturated carbocycles. The maximum absolute atomic E-state index is 12.9. The Balaban J connectivity index is 1.36. The van der Waals surface area contributed by atoms with E-state index in [0.29, 0.717) is 36.3 Å². The Morgan fingerprint density at radius 1 is 1.00 bits per heavy atom. The number of nitrogens with one attached hydrogen (secondary N) is 1. The van der Waals surface area contributed by atoms with Gasteiger partial charge in [-0.15, -0.1) is 0 Å². The highest BCUT2D eigenvalue weighted by molar-refractivity contribution is 5.94. The first-order valence-electron chi connectivity index (χ1n) is 9.06. The van der Waals surface area contributed by atoms with Crippen LogP contribution in [0.25, 0.3) is 0 Å². The number of aromatic hydroxyl groups is 1. The van der Waals surface area contributed by atoms with E-state index in [4.69, 9.17) is 4.74 Å². The molecule has 4 nitrogen and oxygen atoms in total. The molecule has 0 aromatic heterocycles. The Morgan fingerprint density at radius 3 is 2.27 bits per heavy atom. The summed E-state index contributed by atoms with van der Waals surface area (Å²) < 4.78 is 18.6. The second-order valence-electron chi connectivity index (χ2n) is 6.91. The maximum atomic E-state index is 12.9. The van der Waals surface area contributed by atoms with Crippen LogP contribution in [0.5, 0.6) is 11.5 Å². The first kappa shape index (κ1) is 18.2. The standard InChI is InChI=1S/C21H24FNO3/c22-18-7-11-20(12-8-18)26-14-16-3-1-15(2-4-16)13-23-21(25)17-5-9-19(24)10-6-17/h5-12,15-16,24H,1-4,13-14H2,(H,23,25). The highest BCUT2D eigenvalue weighted by Crippen LogP contribution is 2.29. The van der Waals surface area contributed by atoms with Gasteiger partial charge in [-0.25, -0.2) is 4.39 Å². The average Bonchev–Trinajstić information content (AvgIpc) is 2.67. The lowest BCUT2D eigenvalue weighted by molar-refractivity contribution is 0.0938. The number of benzene rings is 2. The lowest BCUT2D eigenvalue weighted by atomic mass is 9.82. The van der Waals surface area contributed by atoms with Crippen molar-refractivity contribution in [3.63, 3.8) is 0 Å². The first-order valence-corrected chi connectivity index (χ1v) is 9.06. The van der Waals surface area contributed by atoms with Crippen LogP contribution in [0.1, 0.15) is 36.0 Å². The summed E-state index contributed by atoms with van der Waals surface area (Å²) in [4.78, 5) is 12.1. The predicted molar refractivity (Wildman–Crippen MR) is 97.8 cm³/mol. The van der Waals surface area contributed by atoms with Gasteiger partial charge in [0.2, 0.25) is 0 Å². The number of ether oxygens (including phenoxy) is 1. The normalized spacial score (nSPS) is 19.7. The molecule has 0 spiro atoms. The van der Waals surface area contributed by atoms with Crippen LogP contribution in [0.15, 0.2) is 48.5 Å². The largest absolute Gasteiger partial charge is 0.508 e. The zero-order chi connectivity index (χ0) is 18.4. The number of halogens is 1. The molecule has 26 heavy (non-hydrogen) atoms. The third-order valence-electron chi connectivity index (χ3n) is 4.95. The zero-order valence-electron chi connectivity index (χ0n) is 14.7. The van der Waals surface area contributed by atoms with Crippen molar-refractivity contribution >= 4 is 5.91 Å². The molecule has 0 atom stereocenters. The van der Waals surface area contributed by atoms with Crippen molar-refractivity contribution in [1.82, 2.24) is 5.32 Å². The number of carbonyl (C=O) groups is 1. The third kappa shape index (κ3) is 5.22. The lowest BCUT2D eigenvalue weighted by Gasteiger charge is -2.28. The van der Waals surface area contributed by atoms with Gasteiger partial charge in [-0.05, 0) is 86.1 Å². The van der Waals surface area contributed by atoms with E-state index < -0.39 is 0 Å². The van der Waals surface area contributed by atoms with Gasteiger partial charge in [0.1, 0.15) is 17.3 Å². The van der Waals surface area contributed by atoms with Gasteiger partial charge < -0.3 is 15.2 Å². The molecule has 0 bridgehead atoms. The second kappa shape index (κ2) is 8.70. The van der Waals surface area contributed by atoms with E-state index in [9.17, 15) is 14.3 Å². The Bertz CT molecular complexity index is 707. The van der Waals surface area contributed by atoms with Crippen LogP contribution in [-0.4, -0.2) is 24.2 Å². The molecule has 0 saturated heterocycles. The van der Waals surface area contributed by atoms with Crippen LogP contribution >= 0.6 is 0 Å². The van der Waals surface area contributed by atoms with Gasteiger partial charge in [0.25, 0.3) is 5.91 Å². The number of rotatable bonds is 6. The SMILES string of the molecule is O=C(NCC1CCC(COc2ccc(F)cc2)CC1)c1ccc(O)cc1. The van der Waals surface area contributed by atoms with Crippen LogP contribution in [0.4, 0.5) is 4.39 Å². The van der Waals surface area contributed by atoms with Crippen LogP contribution in [0.2, 0.25) is 0 Å². The number of hydrogen-bond acceptors (Lipinski definition) is 3. The van der Waals surface area contributed by atoms with Crippen LogP contribution in [0, 0.1) is 17.7 Å². The molecule has 2 aromatic rings. The third-order valence-corrected chi connectivity index (χ3v) is 4.95. The summed E-state index contributed by atoms with van der Waals surface area (Å²) >= 11 is 0. The number of phenols is 1. The van der Waals surface area contributed by atoms with Gasteiger partial charge in [0.05, 0.1) is 6.61 Å². The minimum atomic E-state index is -0.257. The van der Waals surface area contributed by atoms with Crippen LogP contribution in [-0.2, 0) is 0 Å². The molecule has 3 rings (SSSR count). The number of carbonyl (C=O) groups excluding carboxylic acids is 1. The van der Waals surface area contributed by atoms with Gasteiger partial charge in [0.15, 0.2) is 0 Å². The van der Waals surface area contributed by atoms with Crippen molar-refractivity contribution in [2.24, 2.45) is 11.8 Å². The molecule has 1 amide bonds. The van der Waals surface area contributed by atoms with Crippen molar-refractivity contribution < 1.29 is 19.0 Å². The monoisotopic (exact) mass is 357 g/mol. The topological polar surface area (TPSA) is 58.6 Å². The average molecular weight is 357 g/mol. The van der Waals surface area contributed by atoms with Crippen LogP contribution < -0.4 is 10.1 Å². The second-order valence-corrected chi connectivity index (χ2v) is 6.91. The van der Waals surface area contributed by atoms with E-state index in [0.717, 1.165) is 25.7 Å². The summed E-state index contributed by atoms with van der Waals surface area (Å²) in [5.74, 6) is 1.48. The highest BCUT2D eigenvalue weighted by Gasteiger charge is 2.22. The Morgan fingerprint density at radius 2 is 1.62 bits per heavy atom. The molecule has 1 aliphatic carbocycles. The molecular formula is C21H24FNO3. The molecule has 5 heteroatoms. The summed E-state index contributed by atoms with van der Waals surface area (Å²) in [6.07, 6.45) is 4.27. The van der Waals surface area contributed by atoms with Gasteiger partial charge in [-0.2, -0.15) is 0 Å². The highest BCUT2D eigenvalue weighted by atomic mass is 19.1. The summed E-state index contributed by atoms with van der Waals surface area (Å²) in [6.45, 7) is 1.32. The molecule has 0 unspecified atom stereocenters. The van der Waals surface area contributed by atoms with Crippen LogP contribution in [0.3, 0.4) is 0 Å². The number of amides is 1. The van der Waals surface area contributed by atoms with Crippen molar-refractivity contribution in [1.29, 1.82) is 0 Å². The Labute approximate surface area is 153 Å². The zero-order valence-corrected chi connectivity index (χ0v) is 14.7. The van der Waals surface area contributed by atoms with Crippen molar-refractivity contribution in [3.05, 3.63) is 59.9 Å². The summed E-state index contributed by atoms with van der Waals surface area (Å²) in [5, 5.41) is 12.2. The number of phenolic OH excluding ortho intramolecular Hbond substituents is 1. The lowest BCUT2D eigenvalue weighted by Crippen LogP contribution is -2.32. The van der Waals surface area contributed by atoms with E-state index in [1.165, 1.54) is 24.3 Å². The molecule has 1 aliphatic rings. The van der Waals surface area contributed by atoms with E-state index in [1.807, 2.05) is 0 Å². The molecule has 0 radical (unpaired) electrons. The smallest absolute Gasteiger partial charge is 0.251 e. The quantitative estimate of drug-likeness (QED) is 0.817. The van der Waals surface area contributed by atoms with E-state index in [-0.39, 0.29) is 17.5 Å². The van der Waals surface area contributed by atoms with Crippen molar-refractivity contribution in [3.8, 4) is 11.5 Å². The fraction of sp³-hybridized carbons (Fsp3) is 0.381. The molecular weight excluding hydrogens is 333 g/mol. The van der Waals surface area contributed by atoms with Gasteiger partial charge in [-0.3, -0.25) is 4.79 Å². The molecule has 0 aliphatic heterocycles. The van der Waals surface area contributed by atoms with Gasteiger partial charge >= 0.3 is 0 Å². The maximum Gasteiger partial charge on any atom is 0.251 e. The van der Waals surface area contributed by atoms with E-state index >= 15 is 0 Å². The van der Waals surface area contributed by atoms with E-state index in [2.05, 4.69) is 5.32 Å². The Hall–Kier alpha value is -2.56. The minimum Gasteiger partial charge on any atom is -0.508 e. The molecule has 0 heterocycles. The predicted octanol–water partition coefficient (Wildman–Crippen LogP) is 4.15. The fourth-order valence-electron chi connectivity index (χ4n) is 3.30. The number of hydrogen-bond donors (Lipinski definition) is 2. The summed E-state index contributed by atoms with van der Waals surface area (Å²) in [5.41, 5.74) is 0.559. The van der Waals surface area contributed by atoms with Crippen molar-refractivity contribution in [2.75, 3.05) is 13.2 Å². The molecule has 2 N–H and O–H groups in total. The Kier molecular flexibility index (Phi) is 6.10.